The zero-order valence-electron chi connectivity index (χ0n) is 32.2. The fourth-order valence-electron chi connectivity index (χ4n) is 9.14. The lowest BCUT2D eigenvalue weighted by molar-refractivity contribution is -0.00471. The van der Waals surface area contributed by atoms with Crippen molar-refractivity contribution in [2.45, 2.75) is 194 Å². The molecule has 2 aliphatic carbocycles. The summed E-state index contributed by atoms with van der Waals surface area (Å²) < 4.78 is 6.02. The van der Waals surface area contributed by atoms with Crippen molar-refractivity contribution in [3.63, 3.8) is 0 Å². The Labute approximate surface area is 276 Å². The summed E-state index contributed by atoms with van der Waals surface area (Å²) in [6, 6.07) is 9.20. The summed E-state index contributed by atoms with van der Waals surface area (Å²) >= 11 is 0. The molecule has 0 bridgehead atoms. The van der Waals surface area contributed by atoms with E-state index in [-0.39, 0.29) is 22.0 Å². The molecule has 2 saturated carbocycles. The lowest BCUT2D eigenvalue weighted by atomic mass is 9.69. The van der Waals surface area contributed by atoms with Crippen molar-refractivity contribution in [1.82, 2.24) is 4.98 Å². The van der Waals surface area contributed by atoms with Gasteiger partial charge in [-0.15, -0.1) is 0 Å². The fourth-order valence-corrected chi connectivity index (χ4v) is 15.3. The van der Waals surface area contributed by atoms with Gasteiger partial charge in [0.05, 0.1) is 5.60 Å². The Hall–Kier alpha value is -0.643. The van der Waals surface area contributed by atoms with Gasteiger partial charge < -0.3 is 9.72 Å². The molecule has 44 heavy (non-hydrogen) atoms. The van der Waals surface area contributed by atoms with Crippen LogP contribution in [0.25, 0.3) is 0 Å². The Balaban J connectivity index is 1.92. The molecule has 2 nitrogen and oxygen atoms in total. The summed E-state index contributed by atoms with van der Waals surface area (Å²) in [7, 11) is -1.78. The normalized spacial score (nSPS) is 26.6. The van der Waals surface area contributed by atoms with E-state index in [1.54, 1.807) is 5.56 Å². The number of benzene rings is 1. The van der Waals surface area contributed by atoms with Crippen LogP contribution in [0.2, 0.25) is 18.1 Å². The SMILES string of the molecule is CC(C)C1CC2C(c3cc(C(C)(C)C)cc(C(C)(C)C)c3)CCCC2C1[Si](C)(CCCCCCOC(C)(C)C)NC(C)(C)C. The molecule has 6 unspecified atom stereocenters. The third kappa shape index (κ3) is 10.2. The van der Waals surface area contributed by atoms with Crippen LogP contribution in [-0.2, 0) is 15.6 Å². The Kier molecular flexibility index (Phi) is 12.2. The van der Waals surface area contributed by atoms with Gasteiger partial charge in [0, 0.05) is 12.1 Å². The van der Waals surface area contributed by atoms with Crippen molar-refractivity contribution in [2.24, 2.45) is 23.7 Å². The molecule has 3 heteroatoms. The molecule has 1 aromatic carbocycles. The minimum atomic E-state index is -1.78. The van der Waals surface area contributed by atoms with Crippen LogP contribution in [0.4, 0.5) is 0 Å². The second-order valence-corrected chi connectivity index (χ2v) is 24.0. The summed E-state index contributed by atoms with van der Waals surface area (Å²) in [4.78, 5) is 4.44. The Morgan fingerprint density at radius 3 is 1.84 bits per heavy atom. The third-order valence-electron chi connectivity index (χ3n) is 11.1. The van der Waals surface area contributed by atoms with Gasteiger partial charge in [-0.05, 0) is 130 Å². The molecule has 6 atom stereocenters. The topological polar surface area (TPSA) is 21.3 Å². The quantitative estimate of drug-likeness (QED) is 0.195. The van der Waals surface area contributed by atoms with Crippen LogP contribution < -0.4 is 4.98 Å². The fraction of sp³-hybridized carbons (Fsp3) is 0.854. The maximum absolute atomic E-state index is 6.02. The maximum Gasteiger partial charge on any atom is 0.126 e. The molecule has 3 rings (SSSR count). The predicted octanol–water partition coefficient (Wildman–Crippen LogP) is 12.2. The van der Waals surface area contributed by atoms with E-state index in [0.717, 1.165) is 35.8 Å². The van der Waals surface area contributed by atoms with E-state index in [1.807, 2.05) is 0 Å². The second kappa shape index (κ2) is 14.2. The van der Waals surface area contributed by atoms with Gasteiger partial charge in [0.1, 0.15) is 8.24 Å². The number of nitrogens with one attached hydrogen (secondary N) is 1. The van der Waals surface area contributed by atoms with E-state index < -0.39 is 8.24 Å². The maximum atomic E-state index is 6.02. The minimum Gasteiger partial charge on any atom is -0.376 e. The van der Waals surface area contributed by atoms with E-state index in [1.165, 1.54) is 68.5 Å². The van der Waals surface area contributed by atoms with Crippen molar-refractivity contribution in [3.05, 3.63) is 34.9 Å². The van der Waals surface area contributed by atoms with Crippen molar-refractivity contribution in [1.29, 1.82) is 0 Å². The highest BCUT2D eigenvalue weighted by molar-refractivity contribution is 6.78. The number of hydrogen-bond acceptors (Lipinski definition) is 2. The van der Waals surface area contributed by atoms with E-state index in [2.05, 4.69) is 127 Å². The zero-order chi connectivity index (χ0) is 33.3. The number of ether oxygens (including phenoxy) is 1. The van der Waals surface area contributed by atoms with Gasteiger partial charge in [-0.25, -0.2) is 0 Å². The average molecular weight is 626 g/mol. The number of rotatable bonds is 11. The van der Waals surface area contributed by atoms with E-state index in [9.17, 15) is 0 Å². The van der Waals surface area contributed by atoms with E-state index in [0.29, 0.717) is 5.92 Å². The highest BCUT2D eigenvalue weighted by Crippen LogP contribution is 2.62. The van der Waals surface area contributed by atoms with Crippen molar-refractivity contribution in [2.75, 3.05) is 6.61 Å². The molecular formula is C41H75NOSi. The second-order valence-electron chi connectivity index (χ2n) is 19.8. The molecule has 0 spiro atoms. The summed E-state index contributed by atoms with van der Waals surface area (Å²) in [5, 5.41) is 0. The lowest BCUT2D eigenvalue weighted by Crippen LogP contribution is -2.61. The Morgan fingerprint density at radius 2 is 1.34 bits per heavy atom. The molecule has 0 heterocycles. The van der Waals surface area contributed by atoms with Crippen molar-refractivity contribution < 1.29 is 4.74 Å². The van der Waals surface area contributed by atoms with Crippen LogP contribution in [0.15, 0.2) is 18.2 Å². The highest BCUT2D eigenvalue weighted by atomic mass is 28.3. The van der Waals surface area contributed by atoms with Gasteiger partial charge in [0.25, 0.3) is 0 Å². The molecule has 0 aliphatic heterocycles. The minimum absolute atomic E-state index is 0.0206. The molecule has 0 aromatic heterocycles. The summed E-state index contributed by atoms with van der Waals surface area (Å²) in [5.41, 5.74) is 6.06. The first-order valence-electron chi connectivity index (χ1n) is 18.6. The molecule has 0 saturated heterocycles. The van der Waals surface area contributed by atoms with Gasteiger partial charge >= 0.3 is 0 Å². The molecule has 2 fully saturated rings. The number of unbranched alkanes of at least 4 members (excludes halogenated alkanes) is 3. The molecule has 2 aliphatic rings. The van der Waals surface area contributed by atoms with Gasteiger partial charge in [-0.2, -0.15) is 0 Å². The van der Waals surface area contributed by atoms with E-state index >= 15 is 0 Å². The predicted molar refractivity (Wildman–Crippen MR) is 198 cm³/mol. The van der Waals surface area contributed by atoms with Crippen LogP contribution in [0.3, 0.4) is 0 Å². The first-order valence-corrected chi connectivity index (χ1v) is 21.4. The summed E-state index contributed by atoms with van der Waals surface area (Å²) in [6.45, 7) is 36.9. The third-order valence-corrected chi connectivity index (χ3v) is 16.1. The van der Waals surface area contributed by atoms with Crippen LogP contribution in [0.1, 0.15) is 171 Å². The first-order chi connectivity index (χ1) is 20.0. The van der Waals surface area contributed by atoms with Gasteiger partial charge in [-0.3, -0.25) is 0 Å². The Morgan fingerprint density at radius 1 is 0.773 bits per heavy atom. The van der Waals surface area contributed by atoms with Gasteiger partial charge in [-0.1, -0.05) is 112 Å². The largest absolute Gasteiger partial charge is 0.376 e. The molecular weight excluding hydrogens is 551 g/mol. The zero-order valence-corrected chi connectivity index (χ0v) is 33.2. The van der Waals surface area contributed by atoms with Gasteiger partial charge in [0.15, 0.2) is 0 Å². The Bertz CT molecular complexity index is 1020. The van der Waals surface area contributed by atoms with Crippen LogP contribution in [0, 0.1) is 23.7 Å². The molecule has 1 N–H and O–H groups in total. The number of fused-ring (bicyclic) bond motifs is 1. The molecule has 0 radical (unpaired) electrons. The van der Waals surface area contributed by atoms with Gasteiger partial charge in [0.2, 0.25) is 0 Å². The van der Waals surface area contributed by atoms with E-state index in [4.69, 9.17) is 4.74 Å². The smallest absolute Gasteiger partial charge is 0.126 e. The lowest BCUT2D eigenvalue weighted by Gasteiger charge is -2.48. The van der Waals surface area contributed by atoms with Crippen molar-refractivity contribution in [3.8, 4) is 0 Å². The standard InChI is InChI=1S/C41H75NOSi/c1-29(2)35-28-36-33(30-25-31(38(3,4)5)27-32(26-30)39(6,7)8)21-20-22-34(36)37(35)44(15,42-40(9,10)11)24-19-17-16-18-23-43-41(12,13)14/h25-27,29,33-37,42H,16-24,28H2,1-15H3. The average Bonchev–Trinajstić information content (AvgIpc) is 3.26. The monoisotopic (exact) mass is 626 g/mol. The van der Waals surface area contributed by atoms with Crippen LogP contribution in [-0.4, -0.2) is 26.0 Å². The summed E-state index contributed by atoms with van der Waals surface area (Å²) in [6.07, 6.45) is 10.8. The molecule has 254 valence electrons. The summed E-state index contributed by atoms with van der Waals surface area (Å²) in [5.74, 6) is 3.99. The van der Waals surface area contributed by atoms with Crippen LogP contribution in [0.5, 0.6) is 0 Å². The first kappa shape index (κ1) is 37.8. The molecule has 0 amide bonds. The van der Waals surface area contributed by atoms with Crippen LogP contribution >= 0.6 is 0 Å². The highest BCUT2D eigenvalue weighted by Gasteiger charge is 2.56. The molecule has 1 aromatic rings. The number of hydrogen-bond donors (Lipinski definition) is 1. The van der Waals surface area contributed by atoms with Crippen molar-refractivity contribution >= 4 is 8.24 Å².